The molecule has 33 heavy (non-hydrogen) atoms. The molecule has 172 valence electrons. The number of imidazole rings is 1. The highest BCUT2D eigenvalue weighted by Crippen LogP contribution is 2.38. The Balaban J connectivity index is 1.52. The number of hydrogen-bond donors (Lipinski definition) is 2. The molecule has 0 amide bonds. The number of anilines is 1. The van der Waals surface area contributed by atoms with Crippen molar-refractivity contribution in [2.45, 2.75) is 19.9 Å². The van der Waals surface area contributed by atoms with Gasteiger partial charge in [0.1, 0.15) is 27.8 Å². The van der Waals surface area contributed by atoms with E-state index in [0.717, 1.165) is 23.4 Å². The van der Waals surface area contributed by atoms with E-state index in [0.29, 0.717) is 36.6 Å². The second-order valence-corrected chi connectivity index (χ2v) is 8.51. The van der Waals surface area contributed by atoms with Crippen LogP contribution in [0.4, 0.5) is 14.5 Å². The van der Waals surface area contributed by atoms with Gasteiger partial charge in [-0.3, -0.25) is 4.68 Å². The zero-order valence-corrected chi connectivity index (χ0v) is 19.0. The van der Waals surface area contributed by atoms with E-state index in [1.807, 2.05) is 27.1 Å². The Morgan fingerprint density at radius 3 is 2.67 bits per heavy atom. The van der Waals surface area contributed by atoms with Gasteiger partial charge in [-0.2, -0.15) is 5.10 Å². The number of fused-ring (bicyclic) bond motifs is 1. The number of rotatable bonds is 4. The average molecular weight is 474 g/mol. The molecule has 11 heteroatoms. The minimum Gasteiger partial charge on any atom is -0.453 e. The van der Waals surface area contributed by atoms with E-state index in [9.17, 15) is 0 Å². The standard InChI is InChI=1S/C22H22ClF2N7O/c1-11-8-26-4-5-32(11)19-16(24)6-13(7-17(19)25)33-20-15(23)9-27-22-18(20)28-21(29-22)14-10-31(3)30-12(14)2/h6-7,9-11,26H,4-5,8H2,1-3H3,(H,27,28,29). The molecule has 1 atom stereocenters. The number of benzene rings is 1. The summed E-state index contributed by atoms with van der Waals surface area (Å²) in [6.07, 6.45) is 3.22. The highest BCUT2D eigenvalue weighted by molar-refractivity contribution is 6.32. The van der Waals surface area contributed by atoms with Crippen molar-refractivity contribution >= 4 is 28.5 Å². The molecule has 4 heterocycles. The van der Waals surface area contributed by atoms with Crippen LogP contribution in [0.2, 0.25) is 5.02 Å². The Hall–Kier alpha value is -3.24. The normalized spacial score (nSPS) is 16.5. The van der Waals surface area contributed by atoms with Crippen LogP contribution in [0.1, 0.15) is 12.6 Å². The molecule has 4 aromatic rings. The zero-order chi connectivity index (χ0) is 23.3. The lowest BCUT2D eigenvalue weighted by Gasteiger charge is -2.36. The van der Waals surface area contributed by atoms with Gasteiger partial charge in [-0.05, 0) is 13.8 Å². The summed E-state index contributed by atoms with van der Waals surface area (Å²) < 4.78 is 37.5. The van der Waals surface area contributed by atoms with Crippen molar-refractivity contribution in [1.29, 1.82) is 0 Å². The molecule has 0 bridgehead atoms. The molecule has 3 aromatic heterocycles. The Morgan fingerprint density at radius 1 is 1.24 bits per heavy atom. The number of aryl methyl sites for hydroxylation is 2. The van der Waals surface area contributed by atoms with Crippen molar-refractivity contribution in [3.05, 3.63) is 46.9 Å². The van der Waals surface area contributed by atoms with Crippen molar-refractivity contribution in [3.8, 4) is 22.9 Å². The van der Waals surface area contributed by atoms with Gasteiger partial charge in [-0.25, -0.2) is 18.7 Å². The SMILES string of the molecule is Cc1nn(C)cc1-c1nc2ncc(Cl)c(Oc3cc(F)c(N4CCNCC4C)c(F)c3)c2[nH]1. The molecule has 8 nitrogen and oxygen atoms in total. The first-order valence-electron chi connectivity index (χ1n) is 10.5. The summed E-state index contributed by atoms with van der Waals surface area (Å²) >= 11 is 6.34. The topological polar surface area (TPSA) is 83.9 Å². The van der Waals surface area contributed by atoms with Crippen molar-refractivity contribution in [1.82, 2.24) is 30.0 Å². The number of hydrogen-bond acceptors (Lipinski definition) is 6. The molecule has 1 fully saturated rings. The number of H-pyrrole nitrogens is 1. The third-order valence-electron chi connectivity index (χ3n) is 5.70. The maximum Gasteiger partial charge on any atom is 0.182 e. The molecule has 1 aliphatic rings. The maximum absolute atomic E-state index is 15.0. The monoisotopic (exact) mass is 473 g/mol. The molecule has 2 N–H and O–H groups in total. The fourth-order valence-corrected chi connectivity index (χ4v) is 4.32. The third kappa shape index (κ3) is 3.89. The molecular weight excluding hydrogens is 452 g/mol. The first kappa shape index (κ1) is 21.6. The fraction of sp³-hybridized carbons (Fsp3) is 0.318. The van der Waals surface area contributed by atoms with E-state index in [1.165, 1.54) is 6.20 Å². The van der Waals surface area contributed by atoms with Crippen molar-refractivity contribution in [2.75, 3.05) is 24.5 Å². The highest BCUT2D eigenvalue weighted by atomic mass is 35.5. The lowest BCUT2D eigenvalue weighted by molar-refractivity contribution is 0.458. The van der Waals surface area contributed by atoms with Gasteiger partial charge in [0.15, 0.2) is 23.0 Å². The van der Waals surface area contributed by atoms with Crippen LogP contribution in [-0.2, 0) is 7.05 Å². The van der Waals surface area contributed by atoms with E-state index in [4.69, 9.17) is 16.3 Å². The van der Waals surface area contributed by atoms with Gasteiger partial charge in [0, 0.05) is 51.1 Å². The summed E-state index contributed by atoms with van der Waals surface area (Å²) in [5.74, 6) is -0.688. The molecule has 0 radical (unpaired) electrons. The molecule has 1 aliphatic heterocycles. The van der Waals surface area contributed by atoms with Crippen LogP contribution in [0.3, 0.4) is 0 Å². The average Bonchev–Trinajstić information content (AvgIpc) is 3.33. The number of nitrogens with zero attached hydrogens (tertiary/aromatic N) is 5. The van der Waals surface area contributed by atoms with Crippen LogP contribution in [0.5, 0.6) is 11.5 Å². The molecule has 1 unspecified atom stereocenters. The number of aromatic amines is 1. The quantitative estimate of drug-likeness (QED) is 0.462. The van der Waals surface area contributed by atoms with E-state index in [1.54, 1.807) is 9.58 Å². The summed E-state index contributed by atoms with van der Waals surface area (Å²) in [7, 11) is 1.82. The van der Waals surface area contributed by atoms with Gasteiger partial charge in [0.25, 0.3) is 0 Å². The maximum atomic E-state index is 15.0. The minimum atomic E-state index is -0.698. The molecule has 1 saturated heterocycles. The number of halogens is 3. The summed E-state index contributed by atoms with van der Waals surface area (Å²) in [5, 5.41) is 7.72. The number of nitrogens with one attached hydrogen (secondary N) is 2. The lowest BCUT2D eigenvalue weighted by atomic mass is 10.1. The van der Waals surface area contributed by atoms with Gasteiger partial charge in [0.05, 0.1) is 17.5 Å². The Bertz CT molecular complexity index is 1330. The van der Waals surface area contributed by atoms with Crippen LogP contribution in [0, 0.1) is 18.6 Å². The summed E-state index contributed by atoms with van der Waals surface area (Å²) in [6.45, 7) is 5.61. The van der Waals surface area contributed by atoms with Gasteiger partial charge in [-0.1, -0.05) is 11.6 Å². The number of pyridine rings is 1. The van der Waals surface area contributed by atoms with Gasteiger partial charge in [-0.15, -0.1) is 0 Å². The lowest BCUT2D eigenvalue weighted by Crippen LogP contribution is -2.50. The van der Waals surface area contributed by atoms with Crippen LogP contribution >= 0.6 is 11.6 Å². The fourth-order valence-electron chi connectivity index (χ4n) is 4.14. The van der Waals surface area contributed by atoms with E-state index in [2.05, 4.69) is 25.4 Å². The van der Waals surface area contributed by atoms with Crippen molar-refractivity contribution in [2.24, 2.45) is 7.05 Å². The molecule has 0 aliphatic carbocycles. The zero-order valence-electron chi connectivity index (χ0n) is 18.3. The van der Waals surface area contributed by atoms with E-state index >= 15 is 8.78 Å². The largest absolute Gasteiger partial charge is 0.453 e. The predicted octanol–water partition coefficient (Wildman–Crippen LogP) is 4.19. The van der Waals surface area contributed by atoms with Gasteiger partial charge in [0.2, 0.25) is 0 Å². The highest BCUT2D eigenvalue weighted by Gasteiger charge is 2.26. The Kier molecular flexibility index (Phi) is 5.41. The number of ether oxygens (including phenoxy) is 1. The summed E-state index contributed by atoms with van der Waals surface area (Å²) in [5.41, 5.74) is 2.30. The van der Waals surface area contributed by atoms with Crippen molar-refractivity contribution < 1.29 is 13.5 Å². The second-order valence-electron chi connectivity index (χ2n) is 8.11. The van der Waals surface area contributed by atoms with Crippen LogP contribution in [0.25, 0.3) is 22.6 Å². The van der Waals surface area contributed by atoms with E-state index < -0.39 is 11.6 Å². The minimum absolute atomic E-state index is 0.0142. The number of piperazine rings is 1. The molecule has 0 spiro atoms. The predicted molar refractivity (Wildman–Crippen MR) is 122 cm³/mol. The summed E-state index contributed by atoms with van der Waals surface area (Å²) in [4.78, 5) is 13.6. The van der Waals surface area contributed by atoms with Crippen LogP contribution in [-0.4, -0.2) is 50.4 Å². The van der Waals surface area contributed by atoms with Gasteiger partial charge >= 0.3 is 0 Å². The van der Waals surface area contributed by atoms with Crippen molar-refractivity contribution in [3.63, 3.8) is 0 Å². The van der Waals surface area contributed by atoms with Crippen LogP contribution < -0.4 is 15.0 Å². The van der Waals surface area contributed by atoms with Gasteiger partial charge < -0.3 is 19.9 Å². The molecule has 5 rings (SSSR count). The molecule has 1 aromatic carbocycles. The first-order chi connectivity index (χ1) is 15.8. The van der Waals surface area contributed by atoms with E-state index in [-0.39, 0.29) is 28.3 Å². The number of aromatic nitrogens is 5. The Morgan fingerprint density at radius 2 is 2.00 bits per heavy atom. The van der Waals surface area contributed by atoms with Crippen LogP contribution in [0.15, 0.2) is 24.5 Å². The first-order valence-corrected chi connectivity index (χ1v) is 10.9. The third-order valence-corrected chi connectivity index (χ3v) is 5.97. The smallest absolute Gasteiger partial charge is 0.182 e. The Labute approximate surface area is 193 Å². The summed E-state index contributed by atoms with van der Waals surface area (Å²) in [6, 6.07) is 2.29. The molecular formula is C22H22ClF2N7O. The molecule has 0 saturated carbocycles. The second kappa shape index (κ2) is 8.27.